The Morgan fingerprint density at radius 3 is 2.75 bits per heavy atom. The first kappa shape index (κ1) is 21.2. The first-order valence-corrected chi connectivity index (χ1v) is 10.1. The van der Waals surface area contributed by atoms with Gasteiger partial charge in [-0.25, -0.2) is 9.48 Å². The first-order valence-electron chi connectivity index (χ1n) is 10.1. The minimum absolute atomic E-state index is 0.0702. The monoisotopic (exact) mass is 437 g/mol. The molecule has 1 fully saturated rings. The van der Waals surface area contributed by atoms with Crippen molar-refractivity contribution in [1.29, 1.82) is 0 Å². The maximum absolute atomic E-state index is 12.8. The van der Waals surface area contributed by atoms with Gasteiger partial charge in [0.05, 0.1) is 25.6 Å². The number of carbonyl (C=O) groups is 2. The molecule has 2 aromatic heterocycles. The van der Waals surface area contributed by atoms with E-state index in [1.807, 2.05) is 18.2 Å². The summed E-state index contributed by atoms with van der Waals surface area (Å²) in [6.45, 7) is 1.22. The standard InChI is InChI=1S/C22H23N5O5/c1-31-19-6-3-2-5-17(19)26-13-12-25(22(26)30)15-20(28)23-10-11-27-21(29)9-8-16(24-27)18-7-4-14-32-18/h2-9,14H,10-13,15H2,1H3,(H,23,28). The number of hydrogen-bond donors (Lipinski definition) is 1. The quantitative estimate of drug-likeness (QED) is 0.573. The van der Waals surface area contributed by atoms with E-state index in [1.54, 1.807) is 36.3 Å². The molecule has 0 atom stereocenters. The number of aromatic nitrogens is 2. The van der Waals surface area contributed by atoms with Gasteiger partial charge in [-0.1, -0.05) is 12.1 Å². The van der Waals surface area contributed by atoms with Crippen LogP contribution in [0.3, 0.4) is 0 Å². The summed E-state index contributed by atoms with van der Waals surface area (Å²) in [7, 11) is 1.55. The Morgan fingerprint density at radius 1 is 1.12 bits per heavy atom. The molecule has 166 valence electrons. The molecule has 3 amide bonds. The second-order valence-corrected chi connectivity index (χ2v) is 7.13. The molecule has 1 saturated heterocycles. The molecule has 10 heteroatoms. The third-order valence-electron chi connectivity index (χ3n) is 5.09. The summed E-state index contributed by atoms with van der Waals surface area (Å²) in [5.41, 5.74) is 0.918. The summed E-state index contributed by atoms with van der Waals surface area (Å²) >= 11 is 0. The zero-order valence-corrected chi connectivity index (χ0v) is 17.6. The Kier molecular flexibility index (Phi) is 6.20. The molecule has 3 aromatic rings. The van der Waals surface area contributed by atoms with E-state index in [0.29, 0.717) is 36.0 Å². The lowest BCUT2D eigenvalue weighted by Gasteiger charge is -2.20. The molecular weight excluding hydrogens is 414 g/mol. The fourth-order valence-electron chi connectivity index (χ4n) is 3.50. The van der Waals surface area contributed by atoms with Crippen molar-refractivity contribution in [3.8, 4) is 17.2 Å². The number of hydrogen-bond acceptors (Lipinski definition) is 6. The van der Waals surface area contributed by atoms with Crippen LogP contribution < -0.4 is 20.5 Å². The number of anilines is 1. The molecule has 1 N–H and O–H groups in total. The Bertz CT molecular complexity index is 1160. The van der Waals surface area contributed by atoms with Crippen LogP contribution in [0, 0.1) is 0 Å². The second-order valence-electron chi connectivity index (χ2n) is 7.13. The van der Waals surface area contributed by atoms with Crippen LogP contribution in [0.5, 0.6) is 5.75 Å². The number of ether oxygens (including phenoxy) is 1. The molecule has 0 saturated carbocycles. The number of amides is 3. The fraction of sp³-hybridized carbons (Fsp3) is 0.273. The number of nitrogens with one attached hydrogen (secondary N) is 1. The lowest BCUT2D eigenvalue weighted by Crippen LogP contribution is -2.41. The zero-order valence-electron chi connectivity index (χ0n) is 17.6. The average molecular weight is 437 g/mol. The van der Waals surface area contributed by atoms with E-state index < -0.39 is 0 Å². The predicted octanol–water partition coefficient (Wildman–Crippen LogP) is 1.57. The van der Waals surface area contributed by atoms with E-state index in [2.05, 4.69) is 10.4 Å². The van der Waals surface area contributed by atoms with Gasteiger partial charge >= 0.3 is 6.03 Å². The van der Waals surface area contributed by atoms with E-state index in [0.717, 1.165) is 0 Å². The van der Waals surface area contributed by atoms with Gasteiger partial charge in [0.25, 0.3) is 5.56 Å². The predicted molar refractivity (Wildman–Crippen MR) is 117 cm³/mol. The third kappa shape index (κ3) is 4.48. The van der Waals surface area contributed by atoms with Crippen LogP contribution in [0.2, 0.25) is 0 Å². The second kappa shape index (κ2) is 9.38. The lowest BCUT2D eigenvalue weighted by atomic mass is 10.2. The van der Waals surface area contributed by atoms with Gasteiger partial charge in [0.2, 0.25) is 5.91 Å². The summed E-state index contributed by atoms with van der Waals surface area (Å²) in [6.07, 6.45) is 1.53. The number of methoxy groups -OCH3 is 1. The summed E-state index contributed by atoms with van der Waals surface area (Å²) in [6, 6.07) is 13.5. The number of benzene rings is 1. The van der Waals surface area contributed by atoms with E-state index >= 15 is 0 Å². The van der Waals surface area contributed by atoms with Gasteiger partial charge in [-0.15, -0.1) is 0 Å². The maximum atomic E-state index is 12.8. The lowest BCUT2D eigenvalue weighted by molar-refractivity contribution is -0.121. The molecule has 0 aliphatic carbocycles. The average Bonchev–Trinajstić information content (AvgIpc) is 3.46. The van der Waals surface area contributed by atoms with Gasteiger partial charge in [0.15, 0.2) is 5.76 Å². The topological polar surface area (TPSA) is 110 Å². The van der Waals surface area contributed by atoms with Crippen LogP contribution in [-0.2, 0) is 11.3 Å². The number of furan rings is 1. The summed E-state index contributed by atoms with van der Waals surface area (Å²) in [5, 5.41) is 7.00. The fourth-order valence-corrected chi connectivity index (χ4v) is 3.50. The van der Waals surface area contributed by atoms with Crippen molar-refractivity contribution in [1.82, 2.24) is 20.0 Å². The van der Waals surface area contributed by atoms with E-state index in [4.69, 9.17) is 9.15 Å². The number of para-hydroxylation sites is 2. The number of urea groups is 1. The molecule has 0 unspecified atom stereocenters. The van der Waals surface area contributed by atoms with E-state index in [9.17, 15) is 14.4 Å². The molecular formula is C22H23N5O5. The van der Waals surface area contributed by atoms with Crippen molar-refractivity contribution in [3.63, 3.8) is 0 Å². The third-order valence-corrected chi connectivity index (χ3v) is 5.09. The number of rotatable bonds is 8. The molecule has 1 aliphatic heterocycles. The van der Waals surface area contributed by atoms with Gasteiger partial charge in [-0.05, 0) is 30.3 Å². The molecule has 4 rings (SSSR count). The van der Waals surface area contributed by atoms with Crippen molar-refractivity contribution >= 4 is 17.6 Å². The highest BCUT2D eigenvalue weighted by Crippen LogP contribution is 2.30. The highest BCUT2D eigenvalue weighted by atomic mass is 16.5. The SMILES string of the molecule is COc1ccccc1N1CCN(CC(=O)NCCn2nc(-c3ccco3)ccc2=O)C1=O. The van der Waals surface area contributed by atoms with Crippen molar-refractivity contribution in [2.45, 2.75) is 6.54 Å². The van der Waals surface area contributed by atoms with Crippen LogP contribution in [-0.4, -0.2) is 59.9 Å². The molecule has 0 spiro atoms. The minimum Gasteiger partial charge on any atom is -0.495 e. The van der Waals surface area contributed by atoms with E-state index in [-0.39, 0.29) is 37.1 Å². The zero-order chi connectivity index (χ0) is 22.5. The Morgan fingerprint density at radius 2 is 1.97 bits per heavy atom. The molecule has 3 heterocycles. The van der Waals surface area contributed by atoms with Crippen LogP contribution in [0.4, 0.5) is 10.5 Å². The van der Waals surface area contributed by atoms with Crippen LogP contribution >= 0.6 is 0 Å². The highest BCUT2D eigenvalue weighted by Gasteiger charge is 2.32. The highest BCUT2D eigenvalue weighted by molar-refractivity contribution is 5.97. The minimum atomic E-state index is -0.310. The van der Waals surface area contributed by atoms with Crippen molar-refractivity contribution < 1.29 is 18.7 Å². The number of carbonyl (C=O) groups excluding carboxylic acids is 2. The van der Waals surface area contributed by atoms with Gasteiger partial charge in [-0.2, -0.15) is 5.10 Å². The molecule has 0 bridgehead atoms. The maximum Gasteiger partial charge on any atom is 0.325 e. The normalized spacial score (nSPS) is 13.5. The molecule has 10 nitrogen and oxygen atoms in total. The van der Waals surface area contributed by atoms with Crippen LogP contribution in [0.1, 0.15) is 0 Å². The molecule has 1 aliphatic rings. The largest absolute Gasteiger partial charge is 0.495 e. The van der Waals surface area contributed by atoms with Gasteiger partial charge < -0.3 is 19.4 Å². The summed E-state index contributed by atoms with van der Waals surface area (Å²) in [5.74, 6) is 0.840. The van der Waals surface area contributed by atoms with Crippen molar-refractivity contribution in [2.75, 3.05) is 38.2 Å². The molecule has 0 radical (unpaired) electrons. The van der Waals surface area contributed by atoms with Crippen LogP contribution in [0.15, 0.2) is 64.0 Å². The molecule has 1 aromatic carbocycles. The Hall–Kier alpha value is -4.08. The smallest absolute Gasteiger partial charge is 0.325 e. The number of nitrogens with zero attached hydrogens (tertiary/aromatic N) is 4. The molecule has 32 heavy (non-hydrogen) atoms. The van der Waals surface area contributed by atoms with Crippen molar-refractivity contribution in [3.05, 3.63) is 65.1 Å². The van der Waals surface area contributed by atoms with Crippen LogP contribution in [0.25, 0.3) is 11.5 Å². The van der Waals surface area contributed by atoms with Gasteiger partial charge in [-0.3, -0.25) is 14.5 Å². The van der Waals surface area contributed by atoms with Gasteiger partial charge in [0, 0.05) is 25.7 Å². The summed E-state index contributed by atoms with van der Waals surface area (Å²) < 4.78 is 11.9. The van der Waals surface area contributed by atoms with Crippen molar-refractivity contribution in [2.24, 2.45) is 0 Å². The van der Waals surface area contributed by atoms with E-state index in [1.165, 1.54) is 21.9 Å². The first-order chi connectivity index (χ1) is 15.6. The Balaban J connectivity index is 1.31. The Labute approximate surface area is 184 Å². The summed E-state index contributed by atoms with van der Waals surface area (Å²) in [4.78, 5) is 40.2. The van der Waals surface area contributed by atoms with Gasteiger partial charge in [0.1, 0.15) is 18.0 Å².